The summed E-state index contributed by atoms with van der Waals surface area (Å²) in [6.45, 7) is 5.54. The van der Waals surface area contributed by atoms with Gasteiger partial charge in [-0.25, -0.2) is 0 Å². The molecule has 0 aliphatic carbocycles. The van der Waals surface area contributed by atoms with Crippen LogP contribution >= 0.6 is 27.3 Å². The van der Waals surface area contributed by atoms with Gasteiger partial charge in [-0.1, -0.05) is 41.9 Å². The Morgan fingerprint density at radius 2 is 2.06 bits per heavy atom. The third-order valence-electron chi connectivity index (χ3n) is 3.11. The van der Waals surface area contributed by atoms with Crippen LogP contribution in [0.1, 0.15) is 19.4 Å². The third-order valence-corrected chi connectivity index (χ3v) is 4.58. The molecule has 1 nitrogen and oxygen atoms in total. The van der Waals surface area contributed by atoms with E-state index in [1.54, 1.807) is 0 Å². The molecule has 18 heavy (non-hydrogen) atoms. The van der Waals surface area contributed by atoms with Gasteiger partial charge in [0, 0.05) is 21.3 Å². The molecular weight excluding hydrogens is 306 g/mol. The van der Waals surface area contributed by atoms with Gasteiger partial charge in [0.25, 0.3) is 0 Å². The van der Waals surface area contributed by atoms with Gasteiger partial charge >= 0.3 is 0 Å². The van der Waals surface area contributed by atoms with Crippen molar-refractivity contribution in [1.29, 1.82) is 0 Å². The van der Waals surface area contributed by atoms with E-state index in [0.29, 0.717) is 0 Å². The first-order valence-electron chi connectivity index (χ1n) is 6.02. The number of hydrogen-bond acceptors (Lipinski definition) is 2. The van der Waals surface area contributed by atoms with E-state index >= 15 is 0 Å². The van der Waals surface area contributed by atoms with Crippen LogP contribution in [-0.4, -0.2) is 13.6 Å². The summed E-state index contributed by atoms with van der Waals surface area (Å²) in [7, 11) is 2.00. The summed E-state index contributed by atoms with van der Waals surface area (Å²) < 4.78 is 1.13. The van der Waals surface area contributed by atoms with Crippen LogP contribution in [0, 0.1) is 0 Å². The number of benzene rings is 1. The first-order chi connectivity index (χ1) is 8.53. The minimum Gasteiger partial charge on any atom is -0.319 e. The first kappa shape index (κ1) is 13.8. The molecule has 0 atom stereocenters. The number of thiophene rings is 1. The molecule has 0 saturated heterocycles. The van der Waals surface area contributed by atoms with Crippen molar-refractivity contribution in [1.82, 2.24) is 5.32 Å². The van der Waals surface area contributed by atoms with Crippen molar-refractivity contribution in [3.63, 3.8) is 0 Å². The first-order valence-corrected chi connectivity index (χ1v) is 7.70. The van der Waals surface area contributed by atoms with Crippen molar-refractivity contribution >= 4 is 27.3 Å². The van der Waals surface area contributed by atoms with E-state index in [2.05, 4.69) is 70.8 Å². The van der Waals surface area contributed by atoms with Gasteiger partial charge in [-0.15, -0.1) is 11.3 Å². The van der Waals surface area contributed by atoms with Crippen molar-refractivity contribution in [2.45, 2.75) is 19.3 Å². The van der Waals surface area contributed by atoms with Crippen LogP contribution in [0.15, 0.2) is 40.2 Å². The maximum atomic E-state index is 3.53. The van der Waals surface area contributed by atoms with Gasteiger partial charge in [0.1, 0.15) is 0 Å². The molecule has 1 aromatic carbocycles. The maximum absolute atomic E-state index is 3.53. The molecule has 1 heterocycles. The lowest BCUT2D eigenvalue weighted by Crippen LogP contribution is -2.30. The van der Waals surface area contributed by atoms with Crippen molar-refractivity contribution in [3.8, 4) is 10.4 Å². The number of rotatable bonds is 4. The molecule has 0 aliphatic heterocycles. The Labute approximate surface area is 121 Å². The predicted molar refractivity (Wildman–Crippen MR) is 84.4 cm³/mol. The highest BCUT2D eigenvalue weighted by atomic mass is 79.9. The molecule has 2 rings (SSSR count). The summed E-state index contributed by atoms with van der Waals surface area (Å²) in [6, 6.07) is 10.8. The highest BCUT2D eigenvalue weighted by Crippen LogP contribution is 2.34. The second kappa shape index (κ2) is 5.55. The molecule has 2 aromatic rings. The lowest BCUT2D eigenvalue weighted by Gasteiger charge is -2.23. The number of hydrogen-bond donors (Lipinski definition) is 1. The summed E-state index contributed by atoms with van der Waals surface area (Å²) in [6.07, 6.45) is 0. The average molecular weight is 324 g/mol. The van der Waals surface area contributed by atoms with Crippen molar-refractivity contribution < 1.29 is 0 Å². The quantitative estimate of drug-likeness (QED) is 0.861. The lowest BCUT2D eigenvalue weighted by molar-refractivity contribution is 0.496. The van der Waals surface area contributed by atoms with Crippen LogP contribution in [0.3, 0.4) is 0 Å². The highest BCUT2D eigenvalue weighted by Gasteiger charge is 2.21. The maximum Gasteiger partial charge on any atom is 0.0346 e. The topological polar surface area (TPSA) is 12.0 Å². The van der Waals surface area contributed by atoms with E-state index in [-0.39, 0.29) is 5.41 Å². The Morgan fingerprint density at radius 1 is 1.28 bits per heavy atom. The fourth-order valence-corrected chi connectivity index (χ4v) is 3.53. The molecule has 0 saturated carbocycles. The molecular formula is C15H18BrNS. The van der Waals surface area contributed by atoms with Gasteiger partial charge in [0.15, 0.2) is 0 Å². The summed E-state index contributed by atoms with van der Waals surface area (Å²) in [4.78, 5) is 1.33. The minimum absolute atomic E-state index is 0.176. The van der Waals surface area contributed by atoms with Crippen LogP contribution in [-0.2, 0) is 5.41 Å². The Morgan fingerprint density at radius 3 is 2.72 bits per heavy atom. The van der Waals surface area contributed by atoms with E-state index < -0.39 is 0 Å². The summed E-state index contributed by atoms with van der Waals surface area (Å²) in [5, 5.41) is 5.53. The Hall–Kier alpha value is -0.640. The smallest absolute Gasteiger partial charge is 0.0346 e. The molecule has 0 unspecified atom stereocenters. The molecule has 0 radical (unpaired) electrons. The van der Waals surface area contributed by atoms with E-state index in [1.807, 2.05) is 18.4 Å². The molecule has 1 N–H and O–H groups in total. The molecule has 1 aromatic heterocycles. The molecule has 96 valence electrons. The molecule has 3 heteroatoms. The zero-order chi connectivity index (χ0) is 13.2. The van der Waals surface area contributed by atoms with Gasteiger partial charge < -0.3 is 5.32 Å². The second-order valence-corrected chi connectivity index (χ2v) is 6.95. The van der Waals surface area contributed by atoms with Crippen molar-refractivity contribution in [3.05, 3.63) is 45.7 Å². The highest BCUT2D eigenvalue weighted by molar-refractivity contribution is 9.10. The van der Waals surface area contributed by atoms with Gasteiger partial charge in [0.2, 0.25) is 0 Å². The van der Waals surface area contributed by atoms with E-state index in [1.165, 1.54) is 16.0 Å². The van der Waals surface area contributed by atoms with Crippen LogP contribution < -0.4 is 5.32 Å². The Balaban J connectivity index is 2.31. The second-order valence-electron chi connectivity index (χ2n) is 5.12. The van der Waals surface area contributed by atoms with Crippen molar-refractivity contribution in [2.75, 3.05) is 13.6 Å². The Bertz CT molecular complexity index is 531. The fraction of sp³-hybridized carbons (Fsp3) is 0.333. The van der Waals surface area contributed by atoms with E-state index in [4.69, 9.17) is 0 Å². The molecule has 0 fully saturated rings. The number of likely N-dealkylation sites (N-methyl/N-ethyl adjacent to an activating group) is 1. The molecule has 0 aliphatic rings. The van der Waals surface area contributed by atoms with Crippen LogP contribution in [0.2, 0.25) is 0 Å². The van der Waals surface area contributed by atoms with Gasteiger partial charge in [0.05, 0.1) is 0 Å². The van der Waals surface area contributed by atoms with Crippen LogP contribution in [0.4, 0.5) is 0 Å². The van der Waals surface area contributed by atoms with Crippen LogP contribution in [0.25, 0.3) is 10.4 Å². The normalized spacial score (nSPS) is 11.8. The van der Waals surface area contributed by atoms with Gasteiger partial charge in [-0.3, -0.25) is 0 Å². The van der Waals surface area contributed by atoms with Crippen molar-refractivity contribution in [2.24, 2.45) is 0 Å². The summed E-state index contributed by atoms with van der Waals surface area (Å²) in [5.74, 6) is 0. The molecule has 0 spiro atoms. The molecule has 0 bridgehead atoms. The summed E-state index contributed by atoms with van der Waals surface area (Å²) >= 11 is 5.34. The fourth-order valence-electron chi connectivity index (χ4n) is 2.03. The molecule has 0 amide bonds. The Kier molecular flexibility index (Phi) is 4.25. The van der Waals surface area contributed by atoms with Gasteiger partial charge in [-0.05, 0) is 41.8 Å². The SMILES string of the molecule is CNCC(C)(C)c1csc(-c2cccc(Br)c2)c1. The third kappa shape index (κ3) is 3.02. The predicted octanol–water partition coefficient (Wildman–Crippen LogP) is 4.67. The average Bonchev–Trinajstić information content (AvgIpc) is 2.78. The summed E-state index contributed by atoms with van der Waals surface area (Å²) in [5.41, 5.74) is 2.85. The minimum atomic E-state index is 0.176. The number of nitrogens with one attached hydrogen (secondary N) is 1. The lowest BCUT2D eigenvalue weighted by atomic mass is 9.86. The number of halogens is 1. The van der Waals surface area contributed by atoms with Gasteiger partial charge in [-0.2, -0.15) is 0 Å². The largest absolute Gasteiger partial charge is 0.319 e. The van der Waals surface area contributed by atoms with E-state index in [0.717, 1.165) is 11.0 Å². The zero-order valence-corrected chi connectivity index (χ0v) is 13.4. The zero-order valence-electron chi connectivity index (χ0n) is 11.0. The van der Waals surface area contributed by atoms with Crippen LogP contribution in [0.5, 0.6) is 0 Å². The monoisotopic (exact) mass is 323 g/mol. The van der Waals surface area contributed by atoms with E-state index in [9.17, 15) is 0 Å². The standard InChI is InChI=1S/C15H18BrNS/c1-15(2,10-17-3)12-8-14(18-9-12)11-5-4-6-13(16)7-11/h4-9,17H,10H2,1-3H3.